The fraction of sp³-hybridized carbons (Fsp3) is 0.462. The number of hydrogen-bond acceptors (Lipinski definition) is 3. The van der Waals surface area contributed by atoms with Crippen LogP contribution in [-0.4, -0.2) is 24.4 Å². The van der Waals surface area contributed by atoms with Crippen LogP contribution < -0.4 is 4.74 Å². The van der Waals surface area contributed by atoms with Crippen LogP contribution >= 0.6 is 11.8 Å². The van der Waals surface area contributed by atoms with Crippen molar-refractivity contribution in [2.75, 3.05) is 13.4 Å². The second-order valence-corrected chi connectivity index (χ2v) is 5.49. The fourth-order valence-corrected chi connectivity index (χ4v) is 2.52. The first-order chi connectivity index (χ1) is 8.31. The Hall–Kier alpha value is -1.23. The molecule has 18 heavy (non-hydrogen) atoms. The van der Waals surface area contributed by atoms with Crippen LogP contribution in [0.25, 0.3) is 0 Å². The van der Waals surface area contributed by atoms with E-state index in [2.05, 4.69) is 0 Å². The molecule has 0 heterocycles. The van der Waals surface area contributed by atoms with Crippen molar-refractivity contribution in [3.63, 3.8) is 0 Å². The summed E-state index contributed by atoms with van der Waals surface area (Å²) in [5, 5.41) is 8.93. The highest BCUT2D eigenvalue weighted by molar-refractivity contribution is 7.98. The van der Waals surface area contributed by atoms with E-state index in [1.165, 1.54) is 31.0 Å². The topological polar surface area (TPSA) is 46.5 Å². The number of thioether (sulfide) groups is 1. The molecule has 0 fully saturated rings. The Morgan fingerprint density at radius 2 is 2.11 bits per heavy atom. The van der Waals surface area contributed by atoms with Crippen LogP contribution in [0.15, 0.2) is 17.0 Å². The normalized spacial score (nSPS) is 11.4. The molecule has 0 aliphatic carbocycles. The molecule has 3 nitrogen and oxygen atoms in total. The van der Waals surface area contributed by atoms with Gasteiger partial charge in [0.05, 0.1) is 18.4 Å². The van der Waals surface area contributed by atoms with Gasteiger partial charge in [-0.05, 0) is 18.4 Å². The van der Waals surface area contributed by atoms with Gasteiger partial charge in [-0.1, -0.05) is 13.8 Å². The summed E-state index contributed by atoms with van der Waals surface area (Å²) >= 11 is 1.37. The molecule has 0 saturated heterocycles. The van der Waals surface area contributed by atoms with Gasteiger partial charge in [-0.3, -0.25) is 4.79 Å². The third-order valence-electron chi connectivity index (χ3n) is 2.77. The molecule has 0 amide bonds. The van der Waals surface area contributed by atoms with Crippen molar-refractivity contribution in [1.82, 2.24) is 0 Å². The number of halogens is 1. The average molecular weight is 272 g/mol. The smallest absolute Gasteiger partial charge is 0.304 e. The number of hydrogen-bond donors (Lipinski definition) is 1. The van der Waals surface area contributed by atoms with Crippen LogP contribution in [0.5, 0.6) is 5.75 Å². The summed E-state index contributed by atoms with van der Waals surface area (Å²) in [6.07, 6.45) is 1.74. The molecule has 0 spiro atoms. The maximum absolute atomic E-state index is 13.6. The SMILES string of the molecule is COc1c(SC)cc(F)cc1C(C)(C)CC(=O)O. The van der Waals surface area contributed by atoms with E-state index in [4.69, 9.17) is 9.84 Å². The Bertz CT molecular complexity index is 458. The lowest BCUT2D eigenvalue weighted by atomic mass is 9.81. The maximum atomic E-state index is 13.6. The van der Waals surface area contributed by atoms with E-state index in [1.54, 1.807) is 13.8 Å². The van der Waals surface area contributed by atoms with E-state index in [9.17, 15) is 9.18 Å². The van der Waals surface area contributed by atoms with E-state index < -0.39 is 11.4 Å². The zero-order valence-electron chi connectivity index (χ0n) is 10.9. The molecule has 1 rings (SSSR count). The van der Waals surface area contributed by atoms with Crippen LogP contribution in [0, 0.1) is 5.82 Å². The van der Waals surface area contributed by atoms with Crippen molar-refractivity contribution < 1.29 is 19.0 Å². The van der Waals surface area contributed by atoms with Gasteiger partial charge in [-0.15, -0.1) is 11.8 Å². The summed E-state index contributed by atoms with van der Waals surface area (Å²) < 4.78 is 18.9. The van der Waals surface area contributed by atoms with Crippen molar-refractivity contribution >= 4 is 17.7 Å². The summed E-state index contributed by atoms with van der Waals surface area (Å²) in [5.41, 5.74) is -0.110. The number of aliphatic carboxylic acids is 1. The number of carboxylic acid groups (broad SMARTS) is 1. The second-order valence-electron chi connectivity index (χ2n) is 4.64. The quantitative estimate of drug-likeness (QED) is 0.835. The van der Waals surface area contributed by atoms with E-state index in [-0.39, 0.29) is 12.2 Å². The lowest BCUT2D eigenvalue weighted by molar-refractivity contribution is -0.138. The van der Waals surface area contributed by atoms with Crippen molar-refractivity contribution in [2.24, 2.45) is 0 Å². The molecule has 0 saturated carbocycles. The van der Waals surface area contributed by atoms with E-state index in [0.717, 1.165) is 0 Å². The molecule has 0 aromatic heterocycles. The van der Waals surface area contributed by atoms with E-state index in [1.807, 2.05) is 6.26 Å². The fourth-order valence-electron chi connectivity index (χ4n) is 1.91. The molecule has 5 heteroatoms. The Morgan fingerprint density at radius 1 is 1.50 bits per heavy atom. The van der Waals surface area contributed by atoms with Gasteiger partial charge in [0, 0.05) is 11.0 Å². The predicted octanol–water partition coefficient (Wildman–Crippen LogP) is 3.31. The molecule has 0 bridgehead atoms. The Kier molecular flexibility index (Phi) is 4.62. The Morgan fingerprint density at radius 3 is 2.56 bits per heavy atom. The maximum Gasteiger partial charge on any atom is 0.304 e. The molecular formula is C13H17FO3S. The first-order valence-electron chi connectivity index (χ1n) is 5.45. The second kappa shape index (κ2) is 5.61. The molecule has 0 aliphatic rings. The zero-order valence-corrected chi connectivity index (χ0v) is 11.7. The standard InChI is InChI=1S/C13H17FO3S/c1-13(2,7-11(15)16)9-5-8(14)6-10(18-4)12(9)17-3/h5-6H,7H2,1-4H3,(H,15,16). The Labute approximate surface area is 110 Å². The van der Waals surface area contributed by atoms with Crippen LogP contribution in [0.3, 0.4) is 0 Å². The number of benzene rings is 1. The van der Waals surface area contributed by atoms with Crippen molar-refractivity contribution in [1.29, 1.82) is 0 Å². The number of ether oxygens (including phenoxy) is 1. The minimum Gasteiger partial charge on any atom is -0.495 e. The first kappa shape index (κ1) is 14.8. The highest BCUT2D eigenvalue weighted by Crippen LogP contribution is 2.40. The van der Waals surface area contributed by atoms with Crippen molar-refractivity contribution in [3.8, 4) is 5.75 Å². The summed E-state index contributed by atoms with van der Waals surface area (Å²) in [6, 6.07) is 2.74. The monoisotopic (exact) mass is 272 g/mol. The van der Waals surface area contributed by atoms with E-state index >= 15 is 0 Å². The lowest BCUT2D eigenvalue weighted by Crippen LogP contribution is -2.23. The van der Waals surface area contributed by atoms with Gasteiger partial charge in [0.15, 0.2) is 0 Å². The van der Waals surface area contributed by atoms with Gasteiger partial charge in [-0.25, -0.2) is 4.39 Å². The molecule has 0 unspecified atom stereocenters. The molecule has 1 N–H and O–H groups in total. The highest BCUT2D eigenvalue weighted by atomic mass is 32.2. The third kappa shape index (κ3) is 3.16. The van der Waals surface area contributed by atoms with Crippen molar-refractivity contribution in [3.05, 3.63) is 23.5 Å². The van der Waals surface area contributed by atoms with Crippen LogP contribution in [-0.2, 0) is 10.2 Å². The molecule has 0 atom stereocenters. The molecule has 0 radical (unpaired) electrons. The first-order valence-corrected chi connectivity index (χ1v) is 6.68. The zero-order chi connectivity index (χ0) is 13.9. The van der Waals surface area contributed by atoms with Gasteiger partial charge < -0.3 is 9.84 Å². The minimum atomic E-state index is -0.919. The third-order valence-corrected chi connectivity index (χ3v) is 3.51. The van der Waals surface area contributed by atoms with Gasteiger partial charge in [0.25, 0.3) is 0 Å². The van der Waals surface area contributed by atoms with Gasteiger partial charge >= 0.3 is 5.97 Å². The summed E-state index contributed by atoms with van der Waals surface area (Å²) in [5.74, 6) is -0.749. The largest absolute Gasteiger partial charge is 0.495 e. The summed E-state index contributed by atoms with van der Waals surface area (Å²) in [7, 11) is 1.51. The van der Waals surface area contributed by atoms with Gasteiger partial charge in [0.2, 0.25) is 0 Å². The molecule has 0 aliphatic heterocycles. The molecule has 1 aromatic carbocycles. The molecular weight excluding hydrogens is 255 g/mol. The molecule has 1 aromatic rings. The lowest BCUT2D eigenvalue weighted by Gasteiger charge is -2.26. The van der Waals surface area contributed by atoms with Gasteiger partial charge in [0.1, 0.15) is 11.6 Å². The minimum absolute atomic E-state index is 0.0827. The number of methoxy groups -OCH3 is 1. The highest BCUT2D eigenvalue weighted by Gasteiger charge is 2.29. The predicted molar refractivity (Wildman–Crippen MR) is 70.0 cm³/mol. The number of carbonyl (C=O) groups is 1. The summed E-state index contributed by atoms with van der Waals surface area (Å²) in [6.45, 7) is 3.53. The summed E-state index contributed by atoms with van der Waals surface area (Å²) in [4.78, 5) is 11.6. The Balaban J connectivity index is 3.38. The average Bonchev–Trinajstić information content (AvgIpc) is 2.26. The van der Waals surface area contributed by atoms with Gasteiger partial charge in [-0.2, -0.15) is 0 Å². The number of carboxylic acids is 1. The number of rotatable bonds is 5. The van der Waals surface area contributed by atoms with Crippen LogP contribution in [0.1, 0.15) is 25.8 Å². The van der Waals surface area contributed by atoms with Crippen LogP contribution in [0.2, 0.25) is 0 Å². The van der Waals surface area contributed by atoms with Crippen LogP contribution in [0.4, 0.5) is 4.39 Å². The van der Waals surface area contributed by atoms with E-state index in [0.29, 0.717) is 16.2 Å². The molecule has 100 valence electrons. The van der Waals surface area contributed by atoms with Crippen molar-refractivity contribution in [2.45, 2.75) is 30.6 Å².